The minimum absolute atomic E-state index is 0. The van der Waals surface area contributed by atoms with Crippen LogP contribution in [0.25, 0.3) is 0 Å². The first-order chi connectivity index (χ1) is 3.73. The van der Waals surface area contributed by atoms with Crippen LogP contribution in [0.2, 0.25) is 0 Å². The van der Waals surface area contributed by atoms with E-state index < -0.39 is 16.6 Å². The third-order valence-corrected chi connectivity index (χ3v) is 0. The Hall–Kier alpha value is 0.854. The first-order valence-electron chi connectivity index (χ1n) is 1.28. The number of carboxylic acid groups (broad SMARTS) is 2. The zero-order chi connectivity index (χ0) is 8.08. The molecule has 0 aromatic heterocycles. The summed E-state index contributed by atoms with van der Waals surface area (Å²) >= 11 is 0. The quantitative estimate of drug-likeness (QED) is 0.226. The fraction of sp³-hybridized carbons (Fsp3) is 0. The molecule has 0 N–H and O–H groups in total. The van der Waals surface area contributed by atoms with E-state index in [1.165, 1.54) is 0 Å². The van der Waals surface area contributed by atoms with Gasteiger partial charge < -0.3 is 24.1 Å². The van der Waals surface area contributed by atoms with E-state index in [1.807, 2.05) is 0 Å². The van der Waals surface area contributed by atoms with Crippen LogP contribution < -0.4 is 47.9 Å². The normalized spacial score (nSPS) is 6.83. The average molecular weight is 225 g/mol. The third-order valence-electron chi connectivity index (χ3n) is 0. The van der Waals surface area contributed by atoms with E-state index in [-0.39, 0.29) is 54.8 Å². The largest absolute Gasteiger partial charge is 2.00 e. The van der Waals surface area contributed by atoms with Crippen LogP contribution in [0.5, 0.6) is 0 Å². The van der Waals surface area contributed by atoms with Crippen LogP contribution in [0, 0.1) is 0 Å². The number of carbonyl (C=O) groups is 1. The Bertz CT molecular complexity index is 164. The van der Waals surface area contributed by atoms with Gasteiger partial charge in [-0.05, 0) is 6.16 Å². The van der Waals surface area contributed by atoms with Gasteiger partial charge in [-0.25, -0.2) is 0 Å². The number of hydrogen-bond donors (Lipinski definition) is 0. The molecule has 0 atom stereocenters. The van der Waals surface area contributed by atoms with E-state index in [4.69, 9.17) is 32.5 Å². The molecule has 0 aliphatic rings. The molecule has 7 nitrogen and oxygen atoms in total. The third kappa shape index (κ3) is 1440. The SMILES string of the molecule is O=C([O-])[O-].O=S(=O)([O-])[O-].[Li+].[Li+].[Mn+2]. The maximum absolute atomic E-state index is 8.52. The minimum atomic E-state index is -5.17. The molecular formula is CLi2MnO7S. The molecule has 0 unspecified atom stereocenters. The first kappa shape index (κ1) is 29.3. The van der Waals surface area contributed by atoms with E-state index in [0.717, 1.165) is 0 Å². The molecule has 0 spiro atoms. The van der Waals surface area contributed by atoms with Crippen molar-refractivity contribution in [2.24, 2.45) is 0 Å². The second-order valence-corrected chi connectivity index (χ2v) is 1.47. The van der Waals surface area contributed by atoms with Crippen molar-refractivity contribution >= 4 is 16.6 Å². The fourth-order valence-corrected chi connectivity index (χ4v) is 0. The fourth-order valence-electron chi connectivity index (χ4n) is 0. The average Bonchev–Trinajstić information content (AvgIpc) is 1.19. The molecule has 0 aromatic rings. The van der Waals surface area contributed by atoms with Gasteiger partial charge in [0.05, 0.1) is 0 Å². The Balaban J connectivity index is -0.0000000221. The summed E-state index contributed by atoms with van der Waals surface area (Å²) in [4.78, 5) is 8.33. The van der Waals surface area contributed by atoms with Crippen molar-refractivity contribution in [3.8, 4) is 0 Å². The number of carbonyl (C=O) groups excluding carboxylic acids is 1. The van der Waals surface area contributed by atoms with Crippen LogP contribution in [0.15, 0.2) is 0 Å². The van der Waals surface area contributed by atoms with Gasteiger partial charge in [-0.3, -0.25) is 8.42 Å². The molecule has 0 saturated heterocycles. The maximum atomic E-state index is 8.52. The van der Waals surface area contributed by atoms with Crippen LogP contribution in [0.1, 0.15) is 0 Å². The molecule has 11 heteroatoms. The summed E-state index contributed by atoms with van der Waals surface area (Å²) in [5.41, 5.74) is 0. The van der Waals surface area contributed by atoms with Crippen molar-refractivity contribution in [3.05, 3.63) is 0 Å². The molecule has 12 heavy (non-hydrogen) atoms. The molecule has 0 saturated carbocycles. The Labute approximate surface area is 103 Å². The number of hydrogen-bond acceptors (Lipinski definition) is 7. The summed E-state index contributed by atoms with van der Waals surface area (Å²) in [6, 6.07) is 0. The van der Waals surface area contributed by atoms with Crippen LogP contribution in [0.3, 0.4) is 0 Å². The van der Waals surface area contributed by atoms with E-state index in [9.17, 15) is 0 Å². The van der Waals surface area contributed by atoms with Crippen LogP contribution in [0.4, 0.5) is 4.79 Å². The molecule has 0 bridgehead atoms. The van der Waals surface area contributed by atoms with Crippen molar-refractivity contribution in [3.63, 3.8) is 0 Å². The van der Waals surface area contributed by atoms with Gasteiger partial charge in [-0.15, -0.1) is 0 Å². The Morgan fingerprint density at radius 3 is 1.00 bits per heavy atom. The monoisotopic (exact) mass is 225 g/mol. The Kier molecular flexibility index (Phi) is 35.1. The van der Waals surface area contributed by atoms with Crippen LogP contribution in [-0.2, 0) is 27.5 Å². The van der Waals surface area contributed by atoms with Gasteiger partial charge in [-0.2, -0.15) is 0 Å². The van der Waals surface area contributed by atoms with Crippen molar-refractivity contribution in [2.75, 3.05) is 0 Å². The van der Waals surface area contributed by atoms with Gasteiger partial charge in [0.25, 0.3) is 0 Å². The summed E-state index contributed by atoms with van der Waals surface area (Å²) in [6.45, 7) is 0. The van der Waals surface area contributed by atoms with Crippen molar-refractivity contribution in [2.45, 2.75) is 0 Å². The second kappa shape index (κ2) is 14.4. The van der Waals surface area contributed by atoms with Gasteiger partial charge in [0.15, 0.2) is 0 Å². The summed E-state index contributed by atoms with van der Waals surface area (Å²) in [5, 5.41) is 16.7. The maximum Gasteiger partial charge on any atom is 2.00 e. The second-order valence-electron chi connectivity index (χ2n) is 0.658. The molecular weight excluding hydrogens is 225 g/mol. The molecule has 0 aliphatic heterocycles. The van der Waals surface area contributed by atoms with E-state index in [1.54, 1.807) is 0 Å². The van der Waals surface area contributed by atoms with Gasteiger partial charge in [-0.1, -0.05) is 0 Å². The van der Waals surface area contributed by atoms with Crippen LogP contribution >= 0.6 is 0 Å². The molecule has 61 valence electrons. The zero-order valence-corrected chi connectivity index (χ0v) is 8.14. The minimum Gasteiger partial charge on any atom is -0.759 e. The summed E-state index contributed by atoms with van der Waals surface area (Å²) in [6.07, 6.45) is -2.33. The predicted molar refractivity (Wildman–Crippen MR) is 15.9 cm³/mol. The van der Waals surface area contributed by atoms with E-state index in [2.05, 4.69) is 0 Å². The van der Waals surface area contributed by atoms with Crippen LogP contribution in [-0.4, -0.2) is 23.7 Å². The van der Waals surface area contributed by atoms with E-state index in [0.29, 0.717) is 0 Å². The topological polar surface area (TPSA) is 143 Å². The molecule has 0 rings (SSSR count). The standard InChI is InChI=1S/CH2O3.2Li.Mn.H2O4S/c2-1(3)4;;;;1-5(2,3)4/h(H2,2,3,4);;;;(H2,1,2,3,4)/q;2*+1;+2;/p-4. The predicted octanol–water partition coefficient (Wildman–Crippen LogP) is -9.78. The zero-order valence-electron chi connectivity index (χ0n) is 6.14. The molecule has 1 radical (unpaired) electrons. The molecule has 0 amide bonds. The summed E-state index contributed by atoms with van der Waals surface area (Å²) < 4.78 is 34.1. The first-order valence-corrected chi connectivity index (χ1v) is 2.61. The van der Waals surface area contributed by atoms with Gasteiger partial charge in [0.1, 0.15) is 0 Å². The molecule has 0 heterocycles. The van der Waals surface area contributed by atoms with Gasteiger partial charge in [0, 0.05) is 10.4 Å². The Morgan fingerprint density at radius 2 is 1.00 bits per heavy atom. The summed E-state index contributed by atoms with van der Waals surface area (Å²) in [5.74, 6) is 0. The van der Waals surface area contributed by atoms with Crippen molar-refractivity contribution in [1.29, 1.82) is 0 Å². The van der Waals surface area contributed by atoms with Crippen molar-refractivity contribution < 1.29 is 87.3 Å². The van der Waals surface area contributed by atoms with Gasteiger partial charge >= 0.3 is 54.8 Å². The number of rotatable bonds is 0. The van der Waals surface area contributed by atoms with Crippen molar-refractivity contribution in [1.82, 2.24) is 0 Å². The molecule has 0 fully saturated rings. The summed E-state index contributed by atoms with van der Waals surface area (Å²) in [7, 11) is -5.17. The Morgan fingerprint density at radius 1 is 1.00 bits per heavy atom. The smallest absolute Gasteiger partial charge is 0.759 e. The molecule has 0 aromatic carbocycles. The van der Waals surface area contributed by atoms with E-state index >= 15 is 0 Å². The molecule has 0 aliphatic carbocycles. The van der Waals surface area contributed by atoms with Gasteiger partial charge in [0.2, 0.25) is 0 Å².